The molecule has 1 aliphatic rings. The van der Waals surface area contributed by atoms with Crippen LogP contribution in [-0.2, 0) is 0 Å². The monoisotopic (exact) mass is 322 g/mol. The van der Waals surface area contributed by atoms with Crippen LogP contribution in [0, 0.1) is 12.8 Å². The highest BCUT2D eigenvalue weighted by molar-refractivity contribution is 9.10. The highest BCUT2D eigenvalue weighted by Gasteiger charge is 2.14. The number of hydrazone groups is 1. The van der Waals surface area contributed by atoms with Gasteiger partial charge in [-0.1, -0.05) is 28.9 Å². The van der Waals surface area contributed by atoms with Gasteiger partial charge in [-0.15, -0.1) is 0 Å². The second kappa shape index (κ2) is 6.33. The Balaban J connectivity index is 2.00. The minimum Gasteiger partial charge on any atom is -0.267 e. The number of hydrogen-bond acceptors (Lipinski definition) is 2. The van der Waals surface area contributed by atoms with Gasteiger partial charge in [0.1, 0.15) is 0 Å². The first kappa shape index (κ1) is 14.3. The third-order valence-corrected chi connectivity index (χ3v) is 4.35. The average molecular weight is 323 g/mol. The number of halogens is 1. The SMILES string of the molecule is Cc1ccc(C(=O)NN=C2CCCC(C)C2)cc1Br. The van der Waals surface area contributed by atoms with E-state index < -0.39 is 0 Å². The molecule has 1 aromatic carbocycles. The van der Waals surface area contributed by atoms with E-state index in [2.05, 4.69) is 33.4 Å². The van der Waals surface area contributed by atoms with Crippen molar-refractivity contribution in [1.29, 1.82) is 0 Å². The summed E-state index contributed by atoms with van der Waals surface area (Å²) in [4.78, 5) is 12.0. The Morgan fingerprint density at radius 1 is 1.47 bits per heavy atom. The van der Waals surface area contributed by atoms with Crippen molar-refractivity contribution < 1.29 is 4.79 Å². The normalized spacial score (nSPS) is 21.4. The van der Waals surface area contributed by atoms with Crippen molar-refractivity contribution in [2.75, 3.05) is 0 Å². The molecule has 1 unspecified atom stereocenters. The molecule has 1 amide bonds. The van der Waals surface area contributed by atoms with E-state index in [1.165, 1.54) is 12.8 Å². The molecule has 1 atom stereocenters. The first-order chi connectivity index (χ1) is 9.06. The molecular formula is C15H19BrN2O. The van der Waals surface area contributed by atoms with Crippen LogP contribution in [0.25, 0.3) is 0 Å². The van der Waals surface area contributed by atoms with E-state index in [1.807, 2.05) is 25.1 Å². The Morgan fingerprint density at radius 2 is 2.26 bits per heavy atom. The van der Waals surface area contributed by atoms with Gasteiger partial charge < -0.3 is 0 Å². The Hall–Kier alpha value is -1.16. The van der Waals surface area contributed by atoms with E-state index in [4.69, 9.17) is 0 Å². The van der Waals surface area contributed by atoms with Crippen molar-refractivity contribution in [3.8, 4) is 0 Å². The van der Waals surface area contributed by atoms with Crippen LogP contribution in [0.4, 0.5) is 0 Å². The van der Waals surface area contributed by atoms with Crippen LogP contribution in [0.3, 0.4) is 0 Å². The van der Waals surface area contributed by atoms with Gasteiger partial charge >= 0.3 is 0 Å². The van der Waals surface area contributed by atoms with Gasteiger partial charge in [0, 0.05) is 15.7 Å². The molecule has 1 N–H and O–H groups in total. The molecule has 1 fully saturated rings. The van der Waals surface area contributed by atoms with Gasteiger partial charge in [-0.05, 0) is 56.2 Å². The van der Waals surface area contributed by atoms with Crippen molar-refractivity contribution in [2.24, 2.45) is 11.0 Å². The molecule has 0 bridgehead atoms. The molecule has 4 heteroatoms. The molecule has 1 aromatic rings. The maximum absolute atomic E-state index is 12.0. The zero-order valence-corrected chi connectivity index (χ0v) is 13.0. The lowest BCUT2D eigenvalue weighted by Gasteiger charge is -2.18. The molecule has 3 nitrogen and oxygen atoms in total. The molecular weight excluding hydrogens is 304 g/mol. The maximum atomic E-state index is 12.0. The molecule has 0 aliphatic heterocycles. The van der Waals surface area contributed by atoms with Crippen LogP contribution in [-0.4, -0.2) is 11.6 Å². The maximum Gasteiger partial charge on any atom is 0.271 e. The summed E-state index contributed by atoms with van der Waals surface area (Å²) in [5.41, 5.74) is 5.52. The summed E-state index contributed by atoms with van der Waals surface area (Å²) >= 11 is 3.43. The summed E-state index contributed by atoms with van der Waals surface area (Å²) in [5.74, 6) is 0.532. The number of carbonyl (C=O) groups excluding carboxylic acids is 1. The molecule has 1 aliphatic carbocycles. The molecule has 0 radical (unpaired) electrons. The quantitative estimate of drug-likeness (QED) is 0.820. The molecule has 2 rings (SSSR count). The minimum atomic E-state index is -0.147. The number of rotatable bonds is 2. The van der Waals surface area contributed by atoms with E-state index in [1.54, 1.807) is 0 Å². The van der Waals surface area contributed by atoms with Gasteiger partial charge in [-0.2, -0.15) is 5.10 Å². The van der Waals surface area contributed by atoms with Crippen molar-refractivity contribution >= 4 is 27.5 Å². The lowest BCUT2D eigenvalue weighted by Crippen LogP contribution is -2.22. The second-order valence-electron chi connectivity index (χ2n) is 5.28. The minimum absolute atomic E-state index is 0.147. The van der Waals surface area contributed by atoms with Gasteiger partial charge in [0.25, 0.3) is 5.91 Å². The van der Waals surface area contributed by atoms with E-state index in [0.717, 1.165) is 28.6 Å². The Labute approximate surface area is 122 Å². The lowest BCUT2D eigenvalue weighted by molar-refractivity contribution is 0.0954. The summed E-state index contributed by atoms with van der Waals surface area (Å²) in [5, 5.41) is 4.26. The highest BCUT2D eigenvalue weighted by Crippen LogP contribution is 2.21. The zero-order valence-electron chi connectivity index (χ0n) is 11.4. The van der Waals surface area contributed by atoms with Gasteiger partial charge in [0.15, 0.2) is 0 Å². The predicted molar refractivity (Wildman–Crippen MR) is 81.4 cm³/mol. The highest BCUT2D eigenvalue weighted by atomic mass is 79.9. The topological polar surface area (TPSA) is 41.5 Å². The van der Waals surface area contributed by atoms with E-state index in [0.29, 0.717) is 11.5 Å². The first-order valence-corrected chi connectivity index (χ1v) is 7.47. The van der Waals surface area contributed by atoms with Crippen molar-refractivity contribution in [3.05, 3.63) is 33.8 Å². The average Bonchev–Trinajstić information content (AvgIpc) is 2.39. The number of hydrogen-bond donors (Lipinski definition) is 1. The largest absolute Gasteiger partial charge is 0.271 e. The van der Waals surface area contributed by atoms with Crippen LogP contribution < -0.4 is 5.43 Å². The molecule has 0 spiro atoms. The third-order valence-electron chi connectivity index (χ3n) is 3.50. The van der Waals surface area contributed by atoms with E-state index in [-0.39, 0.29) is 5.91 Å². The van der Waals surface area contributed by atoms with E-state index >= 15 is 0 Å². The Bertz CT molecular complexity index is 511. The predicted octanol–water partition coefficient (Wildman–Crippen LogP) is 4.05. The van der Waals surface area contributed by atoms with Crippen molar-refractivity contribution in [3.63, 3.8) is 0 Å². The number of aryl methyl sites for hydroxylation is 1. The van der Waals surface area contributed by atoms with Crippen LogP contribution in [0.1, 0.15) is 48.5 Å². The third kappa shape index (κ3) is 3.90. The van der Waals surface area contributed by atoms with Gasteiger partial charge in [-0.25, -0.2) is 5.43 Å². The number of carbonyl (C=O) groups is 1. The molecule has 102 valence electrons. The summed E-state index contributed by atoms with van der Waals surface area (Å²) in [6.45, 7) is 4.23. The second-order valence-corrected chi connectivity index (χ2v) is 6.14. The Kier molecular flexibility index (Phi) is 4.75. The van der Waals surface area contributed by atoms with E-state index in [9.17, 15) is 4.79 Å². The van der Waals surface area contributed by atoms with Crippen molar-refractivity contribution in [1.82, 2.24) is 5.43 Å². The summed E-state index contributed by atoms with van der Waals surface area (Å²) in [7, 11) is 0. The van der Waals surface area contributed by atoms with Gasteiger partial charge in [-0.3, -0.25) is 4.79 Å². The van der Waals surface area contributed by atoms with Crippen LogP contribution in [0.5, 0.6) is 0 Å². The standard InChI is InChI=1S/C15H19BrN2O/c1-10-4-3-5-13(8-10)17-18-15(19)12-7-6-11(2)14(16)9-12/h6-7,9-10H,3-5,8H2,1-2H3,(H,18,19). The number of nitrogens with zero attached hydrogens (tertiary/aromatic N) is 1. The summed E-state index contributed by atoms with van der Waals surface area (Å²) in [6, 6.07) is 5.57. The zero-order chi connectivity index (χ0) is 13.8. The number of nitrogens with one attached hydrogen (secondary N) is 1. The van der Waals surface area contributed by atoms with Gasteiger partial charge in [0.2, 0.25) is 0 Å². The molecule has 1 saturated carbocycles. The van der Waals surface area contributed by atoms with Gasteiger partial charge in [0.05, 0.1) is 0 Å². The number of amides is 1. The fourth-order valence-corrected chi connectivity index (χ4v) is 2.67. The first-order valence-electron chi connectivity index (χ1n) is 6.68. The lowest BCUT2D eigenvalue weighted by atomic mass is 9.89. The van der Waals surface area contributed by atoms with Crippen LogP contribution >= 0.6 is 15.9 Å². The van der Waals surface area contributed by atoms with Crippen molar-refractivity contribution in [2.45, 2.75) is 39.5 Å². The molecule has 19 heavy (non-hydrogen) atoms. The molecule has 0 aromatic heterocycles. The Morgan fingerprint density at radius 3 is 2.95 bits per heavy atom. The molecule has 0 saturated heterocycles. The van der Waals surface area contributed by atoms with Crippen LogP contribution in [0.2, 0.25) is 0 Å². The number of benzene rings is 1. The fraction of sp³-hybridized carbons (Fsp3) is 0.467. The smallest absolute Gasteiger partial charge is 0.267 e. The molecule has 0 heterocycles. The summed E-state index contributed by atoms with van der Waals surface area (Å²) < 4.78 is 0.944. The fourth-order valence-electron chi connectivity index (χ4n) is 2.29. The summed E-state index contributed by atoms with van der Waals surface area (Å²) in [6.07, 6.45) is 4.43. The van der Waals surface area contributed by atoms with Crippen LogP contribution in [0.15, 0.2) is 27.8 Å².